The number of alkyl halides is 3. The van der Waals surface area contributed by atoms with Gasteiger partial charge in [0, 0.05) is 18.8 Å². The zero-order valence-electron chi connectivity index (χ0n) is 12.4. The van der Waals surface area contributed by atoms with Crippen LogP contribution in [0.1, 0.15) is 0 Å². The highest BCUT2D eigenvalue weighted by Crippen LogP contribution is 2.27. The average molecular weight is 337 g/mol. The van der Waals surface area contributed by atoms with E-state index in [1.807, 2.05) is 23.3 Å². The van der Waals surface area contributed by atoms with Crippen molar-refractivity contribution in [3.63, 3.8) is 0 Å². The lowest BCUT2D eigenvalue weighted by molar-refractivity contribution is -0.274. The van der Waals surface area contributed by atoms with Crippen LogP contribution in [0, 0.1) is 5.92 Å². The molecule has 8 heteroatoms. The van der Waals surface area contributed by atoms with Crippen LogP contribution in [-0.2, 0) is 0 Å². The number of nitrogens with zero attached hydrogens (tertiary/aromatic N) is 3. The monoisotopic (exact) mass is 337 g/mol. The van der Waals surface area contributed by atoms with E-state index in [0.717, 1.165) is 0 Å². The fraction of sp³-hybridized carbons (Fsp3) is 0.250. The highest BCUT2D eigenvalue weighted by Gasteiger charge is 2.31. The van der Waals surface area contributed by atoms with Crippen LogP contribution in [0.25, 0.3) is 0 Å². The van der Waals surface area contributed by atoms with Crippen molar-refractivity contribution in [2.45, 2.75) is 6.36 Å². The summed E-state index contributed by atoms with van der Waals surface area (Å²) in [6, 6.07) is 5.34. The molecule has 0 radical (unpaired) electrons. The molecule has 0 aromatic heterocycles. The third kappa shape index (κ3) is 3.83. The molecule has 24 heavy (non-hydrogen) atoms. The summed E-state index contributed by atoms with van der Waals surface area (Å²) in [6.07, 6.45) is 2.56. The Morgan fingerprint density at radius 2 is 2.17 bits per heavy atom. The zero-order chi connectivity index (χ0) is 17.2. The molecule has 3 rings (SSSR count). The van der Waals surface area contributed by atoms with E-state index >= 15 is 0 Å². The van der Waals surface area contributed by atoms with Crippen LogP contribution in [0.4, 0.5) is 18.9 Å². The topological polar surface area (TPSA) is 57.4 Å². The van der Waals surface area contributed by atoms with Crippen molar-refractivity contribution in [2.24, 2.45) is 15.9 Å². The van der Waals surface area contributed by atoms with Gasteiger partial charge in [0.1, 0.15) is 17.4 Å². The van der Waals surface area contributed by atoms with Crippen molar-refractivity contribution in [1.29, 1.82) is 0 Å². The Morgan fingerprint density at radius 3 is 2.92 bits per heavy atom. The number of amidine groups is 2. The lowest BCUT2D eigenvalue weighted by atomic mass is 10.1. The molecule has 126 valence electrons. The first kappa shape index (κ1) is 16.3. The standard InChI is InChI=1S/C16H14F3N3O2/c17-16(18,19)24-13-5-3-4-12(8-13)20-15-11(10-23)9-22-7-2-1-6-14(22)21-15/h1-8,11,23H,9-10H2. The zero-order valence-corrected chi connectivity index (χ0v) is 12.4. The fourth-order valence-corrected chi connectivity index (χ4v) is 2.39. The number of hydrogen-bond donors (Lipinski definition) is 1. The number of ether oxygens (including phenoxy) is 1. The third-order valence-corrected chi connectivity index (χ3v) is 3.44. The highest BCUT2D eigenvalue weighted by atomic mass is 19.4. The van der Waals surface area contributed by atoms with E-state index in [2.05, 4.69) is 14.7 Å². The Bertz CT molecular complexity index is 738. The van der Waals surface area contributed by atoms with Gasteiger partial charge in [-0.15, -0.1) is 13.2 Å². The molecule has 0 bridgehead atoms. The molecular formula is C16H14F3N3O2. The molecule has 2 aliphatic heterocycles. The number of fused-ring (bicyclic) bond motifs is 1. The summed E-state index contributed by atoms with van der Waals surface area (Å²) < 4.78 is 40.8. The molecule has 2 aliphatic rings. The van der Waals surface area contributed by atoms with Crippen LogP contribution in [0.2, 0.25) is 0 Å². The average Bonchev–Trinajstić information content (AvgIpc) is 2.53. The molecule has 1 N–H and O–H groups in total. The summed E-state index contributed by atoms with van der Waals surface area (Å²) in [6.45, 7) is 0.330. The van der Waals surface area contributed by atoms with Crippen LogP contribution in [-0.4, -0.2) is 41.2 Å². The maximum Gasteiger partial charge on any atom is 0.573 e. The number of hydrogen-bond acceptors (Lipinski definition) is 4. The van der Waals surface area contributed by atoms with Gasteiger partial charge in [-0.05, 0) is 24.3 Å². The molecule has 1 unspecified atom stereocenters. The molecular weight excluding hydrogens is 323 g/mol. The summed E-state index contributed by atoms with van der Waals surface area (Å²) in [4.78, 5) is 10.6. The minimum Gasteiger partial charge on any atom is -0.406 e. The normalized spacial score (nSPS) is 21.7. The first-order chi connectivity index (χ1) is 11.4. The molecule has 1 atom stereocenters. The van der Waals surface area contributed by atoms with Crippen LogP contribution >= 0.6 is 0 Å². The van der Waals surface area contributed by atoms with Gasteiger partial charge in [-0.25, -0.2) is 9.98 Å². The van der Waals surface area contributed by atoms with Crippen molar-refractivity contribution in [3.05, 3.63) is 48.7 Å². The van der Waals surface area contributed by atoms with Crippen molar-refractivity contribution in [2.75, 3.05) is 13.2 Å². The first-order valence-electron chi connectivity index (χ1n) is 7.20. The van der Waals surface area contributed by atoms with Crippen molar-refractivity contribution in [1.82, 2.24) is 4.90 Å². The van der Waals surface area contributed by atoms with Crippen LogP contribution in [0.3, 0.4) is 0 Å². The number of aliphatic hydroxyl groups excluding tert-OH is 1. The smallest absolute Gasteiger partial charge is 0.406 e. The van der Waals surface area contributed by atoms with Crippen LogP contribution < -0.4 is 4.74 Å². The summed E-state index contributed by atoms with van der Waals surface area (Å²) in [7, 11) is 0. The van der Waals surface area contributed by atoms with E-state index in [4.69, 9.17) is 0 Å². The summed E-state index contributed by atoms with van der Waals surface area (Å²) in [5.41, 5.74) is 0.276. The van der Waals surface area contributed by atoms with Crippen molar-refractivity contribution in [3.8, 4) is 5.75 Å². The van der Waals surface area contributed by atoms with E-state index in [0.29, 0.717) is 18.2 Å². The maximum atomic E-state index is 12.3. The van der Waals surface area contributed by atoms with Crippen LogP contribution in [0.5, 0.6) is 5.75 Å². The number of allylic oxidation sites excluding steroid dienone is 2. The lowest BCUT2D eigenvalue weighted by Gasteiger charge is -2.31. The molecule has 1 aromatic carbocycles. The Balaban J connectivity index is 1.90. The molecule has 1 aromatic rings. The van der Waals surface area contributed by atoms with E-state index < -0.39 is 6.36 Å². The summed E-state index contributed by atoms with van der Waals surface area (Å²) in [5.74, 6) is 0.351. The number of halogens is 3. The van der Waals surface area contributed by atoms with Gasteiger partial charge in [-0.3, -0.25) is 0 Å². The van der Waals surface area contributed by atoms with Gasteiger partial charge in [0.15, 0.2) is 0 Å². The molecule has 0 amide bonds. The summed E-state index contributed by atoms with van der Waals surface area (Å²) >= 11 is 0. The molecule has 0 saturated carbocycles. The van der Waals surface area contributed by atoms with Crippen LogP contribution in [0.15, 0.2) is 58.7 Å². The Morgan fingerprint density at radius 1 is 1.33 bits per heavy atom. The number of benzene rings is 1. The molecule has 2 heterocycles. The van der Waals surface area contributed by atoms with Gasteiger partial charge >= 0.3 is 6.36 Å². The Hall–Kier alpha value is -2.61. The van der Waals surface area contributed by atoms with Gasteiger partial charge in [0.05, 0.1) is 18.2 Å². The highest BCUT2D eigenvalue weighted by molar-refractivity contribution is 6.07. The third-order valence-electron chi connectivity index (χ3n) is 3.44. The molecule has 0 aliphatic carbocycles. The summed E-state index contributed by atoms with van der Waals surface area (Å²) in [5, 5.41) is 9.54. The second-order valence-corrected chi connectivity index (χ2v) is 5.22. The maximum absolute atomic E-state index is 12.3. The van der Waals surface area contributed by atoms with Gasteiger partial charge in [0.25, 0.3) is 0 Å². The van der Waals surface area contributed by atoms with E-state index in [9.17, 15) is 18.3 Å². The second-order valence-electron chi connectivity index (χ2n) is 5.22. The number of aliphatic imine (C=N–C) groups is 2. The molecule has 0 saturated heterocycles. The SMILES string of the molecule is OCC1CN2C=CC=CC2=NC1=Nc1cccc(OC(F)(F)F)c1. The van der Waals surface area contributed by atoms with E-state index in [1.165, 1.54) is 18.2 Å². The first-order valence-corrected chi connectivity index (χ1v) is 7.20. The quantitative estimate of drug-likeness (QED) is 0.922. The van der Waals surface area contributed by atoms with Gasteiger partial charge in [-0.2, -0.15) is 0 Å². The number of rotatable bonds is 3. The minimum absolute atomic E-state index is 0.164. The second kappa shape index (κ2) is 6.48. The minimum atomic E-state index is -4.76. The van der Waals surface area contributed by atoms with Gasteiger partial charge in [0.2, 0.25) is 0 Å². The predicted octanol–water partition coefficient (Wildman–Crippen LogP) is 3.02. The molecule has 0 spiro atoms. The molecule has 0 fully saturated rings. The Labute approximate surface area is 136 Å². The van der Waals surface area contributed by atoms with Gasteiger partial charge in [-0.1, -0.05) is 12.1 Å². The number of aliphatic hydroxyl groups is 1. The Kier molecular flexibility index (Phi) is 4.39. The predicted molar refractivity (Wildman–Crippen MR) is 83.2 cm³/mol. The largest absolute Gasteiger partial charge is 0.573 e. The van der Waals surface area contributed by atoms with E-state index in [-0.39, 0.29) is 24.0 Å². The van der Waals surface area contributed by atoms with E-state index in [1.54, 1.807) is 12.1 Å². The fourth-order valence-electron chi connectivity index (χ4n) is 2.39. The lowest BCUT2D eigenvalue weighted by Crippen LogP contribution is -2.40. The molecule has 5 nitrogen and oxygen atoms in total. The van der Waals surface area contributed by atoms with Crippen molar-refractivity contribution < 1.29 is 23.0 Å². The van der Waals surface area contributed by atoms with Crippen molar-refractivity contribution >= 4 is 17.4 Å². The van der Waals surface area contributed by atoms with Gasteiger partial charge < -0.3 is 14.7 Å².